The van der Waals surface area contributed by atoms with Gasteiger partial charge in [0.1, 0.15) is 6.61 Å². The van der Waals surface area contributed by atoms with Crippen LogP contribution in [0.1, 0.15) is 5.56 Å². The van der Waals surface area contributed by atoms with Crippen LogP contribution < -0.4 is 27.3 Å². The molecule has 0 spiro atoms. The maximum Gasteiger partial charge on any atom is 0.165 e. The zero-order valence-electron chi connectivity index (χ0n) is 11.7. The molecule has 2 aromatic rings. The number of ether oxygens (including phenoxy) is 1. The molecule has 0 amide bonds. The lowest BCUT2D eigenvalue weighted by molar-refractivity contribution is 0.202. The lowest BCUT2D eigenvalue weighted by atomic mass is 10.1. The van der Waals surface area contributed by atoms with Crippen molar-refractivity contribution < 1.29 is 9.84 Å². The van der Waals surface area contributed by atoms with E-state index in [-0.39, 0.29) is 13.2 Å². The summed E-state index contributed by atoms with van der Waals surface area (Å²) in [6.45, 7) is 0.606. The first kappa shape index (κ1) is 14.8. The standard InChI is InChI=1S/C15H20N4O2/c16-11-4-5-12(17)10(8-11)9-19-14-3-1-2-13(18)15(14)21-7-6-20/h1-5,8,19-20H,6-7,9,16-18H2. The number of aliphatic hydroxyl groups excluding tert-OH is 1. The van der Waals surface area contributed by atoms with Crippen molar-refractivity contribution in [3.63, 3.8) is 0 Å². The molecule has 0 saturated carbocycles. The van der Waals surface area contributed by atoms with Gasteiger partial charge in [-0.25, -0.2) is 0 Å². The zero-order valence-corrected chi connectivity index (χ0v) is 11.7. The van der Waals surface area contributed by atoms with Gasteiger partial charge in [-0.1, -0.05) is 6.07 Å². The van der Waals surface area contributed by atoms with Gasteiger partial charge in [0.15, 0.2) is 5.75 Å². The van der Waals surface area contributed by atoms with Crippen molar-refractivity contribution in [2.24, 2.45) is 0 Å². The maximum absolute atomic E-state index is 8.87. The molecular formula is C15H20N4O2. The fourth-order valence-corrected chi connectivity index (χ4v) is 1.97. The van der Waals surface area contributed by atoms with E-state index in [1.54, 1.807) is 18.2 Å². The van der Waals surface area contributed by atoms with Gasteiger partial charge in [0, 0.05) is 17.9 Å². The molecule has 0 aromatic heterocycles. The molecule has 112 valence electrons. The van der Waals surface area contributed by atoms with E-state index < -0.39 is 0 Å². The Balaban J connectivity index is 2.16. The van der Waals surface area contributed by atoms with E-state index in [1.165, 1.54) is 0 Å². The van der Waals surface area contributed by atoms with Crippen molar-refractivity contribution in [3.8, 4) is 5.75 Å². The first-order valence-corrected chi connectivity index (χ1v) is 6.61. The molecule has 0 aliphatic heterocycles. The second-order valence-electron chi connectivity index (χ2n) is 4.61. The fourth-order valence-electron chi connectivity index (χ4n) is 1.97. The topological polar surface area (TPSA) is 120 Å². The van der Waals surface area contributed by atoms with E-state index in [4.69, 9.17) is 27.0 Å². The Hall–Kier alpha value is -2.60. The number of benzene rings is 2. The normalized spacial score (nSPS) is 10.3. The SMILES string of the molecule is Nc1ccc(N)c(CNc2cccc(N)c2OCCO)c1. The number of anilines is 4. The average molecular weight is 288 g/mol. The second kappa shape index (κ2) is 6.71. The summed E-state index contributed by atoms with van der Waals surface area (Å²) in [7, 11) is 0. The minimum atomic E-state index is -0.0735. The molecular weight excluding hydrogens is 268 g/mol. The summed E-state index contributed by atoms with van der Waals surface area (Å²) < 4.78 is 5.47. The zero-order chi connectivity index (χ0) is 15.2. The molecule has 8 N–H and O–H groups in total. The van der Waals surface area contributed by atoms with E-state index in [9.17, 15) is 0 Å². The maximum atomic E-state index is 8.87. The Morgan fingerprint density at radius 1 is 1.05 bits per heavy atom. The summed E-state index contributed by atoms with van der Waals surface area (Å²) in [5, 5.41) is 12.1. The summed E-state index contributed by atoms with van der Waals surface area (Å²) in [4.78, 5) is 0. The van der Waals surface area contributed by atoms with Gasteiger partial charge in [-0.05, 0) is 35.9 Å². The van der Waals surface area contributed by atoms with Crippen molar-refractivity contribution in [3.05, 3.63) is 42.0 Å². The molecule has 0 fully saturated rings. The first-order valence-electron chi connectivity index (χ1n) is 6.61. The highest BCUT2D eigenvalue weighted by molar-refractivity contribution is 5.69. The summed E-state index contributed by atoms with van der Waals surface area (Å²) in [6, 6.07) is 10.8. The molecule has 0 aliphatic carbocycles. The highest BCUT2D eigenvalue weighted by Gasteiger charge is 2.08. The summed E-state index contributed by atoms with van der Waals surface area (Å²) >= 11 is 0. The van der Waals surface area contributed by atoms with Crippen molar-refractivity contribution in [1.82, 2.24) is 0 Å². The van der Waals surface area contributed by atoms with Crippen LogP contribution >= 0.6 is 0 Å². The number of rotatable bonds is 6. The Morgan fingerprint density at radius 2 is 1.86 bits per heavy atom. The quantitative estimate of drug-likeness (QED) is 0.513. The van der Waals surface area contributed by atoms with E-state index in [0.717, 1.165) is 11.3 Å². The van der Waals surface area contributed by atoms with Crippen LogP contribution in [0.3, 0.4) is 0 Å². The number of nitrogen functional groups attached to an aromatic ring is 3. The molecule has 6 nitrogen and oxygen atoms in total. The first-order chi connectivity index (χ1) is 10.1. The van der Waals surface area contributed by atoms with Gasteiger partial charge in [-0.15, -0.1) is 0 Å². The summed E-state index contributed by atoms with van der Waals surface area (Å²) in [5.41, 5.74) is 21.0. The smallest absolute Gasteiger partial charge is 0.165 e. The third kappa shape index (κ3) is 3.70. The molecule has 21 heavy (non-hydrogen) atoms. The van der Waals surface area contributed by atoms with Crippen LogP contribution in [-0.2, 0) is 6.54 Å². The van der Waals surface area contributed by atoms with Gasteiger partial charge in [0.2, 0.25) is 0 Å². The fraction of sp³-hybridized carbons (Fsp3) is 0.200. The highest BCUT2D eigenvalue weighted by Crippen LogP contribution is 2.31. The monoisotopic (exact) mass is 288 g/mol. The average Bonchev–Trinajstić information content (AvgIpc) is 2.47. The molecule has 2 rings (SSSR count). The number of hydrogen-bond donors (Lipinski definition) is 5. The van der Waals surface area contributed by atoms with Crippen LogP contribution in [0.25, 0.3) is 0 Å². The minimum Gasteiger partial charge on any atom is -0.487 e. The van der Waals surface area contributed by atoms with Crippen molar-refractivity contribution in [1.29, 1.82) is 0 Å². The minimum absolute atomic E-state index is 0.0735. The number of hydrogen-bond acceptors (Lipinski definition) is 6. The lowest BCUT2D eigenvalue weighted by Gasteiger charge is -2.15. The molecule has 0 saturated heterocycles. The molecule has 0 atom stereocenters. The van der Waals surface area contributed by atoms with E-state index in [0.29, 0.717) is 29.4 Å². The van der Waals surface area contributed by atoms with Crippen LogP contribution in [0.4, 0.5) is 22.7 Å². The number of para-hydroxylation sites is 1. The number of nitrogens with one attached hydrogen (secondary N) is 1. The Kier molecular flexibility index (Phi) is 4.73. The number of aliphatic hydroxyl groups is 1. The van der Waals surface area contributed by atoms with Crippen molar-refractivity contribution >= 4 is 22.7 Å². The van der Waals surface area contributed by atoms with Crippen molar-refractivity contribution in [2.45, 2.75) is 6.54 Å². The van der Waals surface area contributed by atoms with Gasteiger partial charge < -0.3 is 32.4 Å². The summed E-state index contributed by atoms with van der Waals surface area (Å²) in [6.07, 6.45) is 0. The van der Waals surface area contributed by atoms with Crippen LogP contribution in [0.15, 0.2) is 36.4 Å². The largest absolute Gasteiger partial charge is 0.487 e. The predicted octanol–water partition coefficient (Wildman–Crippen LogP) is 1.42. The molecule has 0 bridgehead atoms. The third-order valence-corrected chi connectivity index (χ3v) is 3.02. The van der Waals surface area contributed by atoms with Gasteiger partial charge in [0.25, 0.3) is 0 Å². The second-order valence-corrected chi connectivity index (χ2v) is 4.61. The Morgan fingerprint density at radius 3 is 2.62 bits per heavy atom. The molecule has 2 aromatic carbocycles. The molecule has 0 aliphatic rings. The summed E-state index contributed by atoms with van der Waals surface area (Å²) in [5.74, 6) is 0.522. The molecule has 0 heterocycles. The van der Waals surface area contributed by atoms with Crippen molar-refractivity contribution in [2.75, 3.05) is 35.7 Å². The van der Waals surface area contributed by atoms with Crippen LogP contribution in [0.2, 0.25) is 0 Å². The third-order valence-electron chi connectivity index (χ3n) is 3.02. The molecule has 0 unspecified atom stereocenters. The lowest BCUT2D eigenvalue weighted by Crippen LogP contribution is -2.09. The highest BCUT2D eigenvalue weighted by atomic mass is 16.5. The molecule has 0 radical (unpaired) electrons. The van der Waals surface area contributed by atoms with Crippen LogP contribution in [0, 0.1) is 0 Å². The Bertz CT molecular complexity index is 617. The van der Waals surface area contributed by atoms with Gasteiger partial charge in [-0.3, -0.25) is 0 Å². The van der Waals surface area contributed by atoms with E-state index in [1.807, 2.05) is 18.2 Å². The van der Waals surface area contributed by atoms with Gasteiger partial charge in [-0.2, -0.15) is 0 Å². The van der Waals surface area contributed by atoms with Gasteiger partial charge >= 0.3 is 0 Å². The van der Waals surface area contributed by atoms with E-state index in [2.05, 4.69) is 5.32 Å². The van der Waals surface area contributed by atoms with Gasteiger partial charge in [0.05, 0.1) is 18.0 Å². The van der Waals surface area contributed by atoms with Crippen LogP contribution in [0.5, 0.6) is 5.75 Å². The van der Waals surface area contributed by atoms with E-state index >= 15 is 0 Å². The predicted molar refractivity (Wildman–Crippen MR) is 86.0 cm³/mol. The van der Waals surface area contributed by atoms with Crippen LogP contribution in [-0.4, -0.2) is 18.3 Å². The Labute approximate surface area is 123 Å². The number of nitrogens with two attached hydrogens (primary N) is 3. The molecule has 6 heteroatoms.